The second-order valence-corrected chi connectivity index (χ2v) is 12.2. The average Bonchev–Trinajstić information content (AvgIpc) is 2.84. The fraction of sp³-hybridized carbons (Fsp3) is 0.677. The number of ether oxygens (including phenoxy) is 1. The van der Waals surface area contributed by atoms with Crippen LogP contribution in [0.1, 0.15) is 65.9 Å². The predicted molar refractivity (Wildman–Crippen MR) is 149 cm³/mol. The lowest BCUT2D eigenvalue weighted by Gasteiger charge is -2.56. The highest BCUT2D eigenvalue weighted by Crippen LogP contribution is 2.57. The molecule has 0 heterocycles. The maximum Gasteiger partial charge on any atom is 0.320 e. The number of nitrogens with zero attached hydrogens (tertiary/aromatic N) is 2. The van der Waals surface area contributed by atoms with Crippen LogP contribution in [-0.4, -0.2) is 61.2 Å². The number of anilines is 1. The molecule has 6 heteroatoms. The Labute approximate surface area is 224 Å². The molecular formula is C31H48N2O4. The average molecular weight is 513 g/mol. The summed E-state index contributed by atoms with van der Waals surface area (Å²) in [4.78, 5) is 30.6. The third-order valence-corrected chi connectivity index (χ3v) is 9.62. The van der Waals surface area contributed by atoms with Gasteiger partial charge in [0.05, 0.1) is 12.6 Å². The SMILES string of the molecule is C=C[C@]1(C)C[C@@H](OC(=O)CN(CC)Cc2ccc(N(C)C)cc2)[C@]2(C)C(C)CCC(C[C@@H]1O)C2C(C)=O. The number of aliphatic hydroxyl groups is 1. The monoisotopic (exact) mass is 512 g/mol. The Balaban J connectivity index is 1.84. The Morgan fingerprint density at radius 3 is 2.38 bits per heavy atom. The maximum absolute atomic E-state index is 13.4. The van der Waals surface area contributed by atoms with Gasteiger partial charge in [0.1, 0.15) is 11.9 Å². The lowest BCUT2D eigenvalue weighted by atomic mass is 9.50. The van der Waals surface area contributed by atoms with Gasteiger partial charge in [-0.2, -0.15) is 0 Å². The minimum absolute atomic E-state index is 0.0757. The van der Waals surface area contributed by atoms with Crippen LogP contribution in [0.25, 0.3) is 0 Å². The molecule has 2 bridgehead atoms. The molecule has 1 aromatic carbocycles. The molecule has 2 saturated carbocycles. The fourth-order valence-electron chi connectivity index (χ4n) is 6.81. The molecule has 7 atom stereocenters. The van der Waals surface area contributed by atoms with Crippen LogP contribution in [0.15, 0.2) is 36.9 Å². The van der Waals surface area contributed by atoms with E-state index < -0.39 is 23.0 Å². The van der Waals surface area contributed by atoms with Crippen LogP contribution in [0.4, 0.5) is 5.69 Å². The van der Waals surface area contributed by atoms with Gasteiger partial charge in [0.2, 0.25) is 0 Å². The number of carbonyl (C=O) groups is 2. The Hall–Kier alpha value is -2.18. The molecule has 0 saturated heterocycles. The number of Topliss-reactive ketones (excluding diaryl/α,β-unsaturated/α-hetero) is 1. The van der Waals surface area contributed by atoms with Crippen LogP contribution in [-0.2, 0) is 20.9 Å². The van der Waals surface area contributed by atoms with Crippen molar-refractivity contribution in [3.8, 4) is 0 Å². The summed E-state index contributed by atoms with van der Waals surface area (Å²) in [6, 6.07) is 8.36. The van der Waals surface area contributed by atoms with Gasteiger partial charge in [0, 0.05) is 43.1 Å². The molecule has 2 fully saturated rings. The first-order valence-corrected chi connectivity index (χ1v) is 13.9. The molecule has 1 N–H and O–H groups in total. The number of ketones is 1. The van der Waals surface area contributed by atoms with Crippen molar-refractivity contribution in [2.75, 3.05) is 32.1 Å². The van der Waals surface area contributed by atoms with E-state index in [4.69, 9.17) is 4.74 Å². The fourth-order valence-corrected chi connectivity index (χ4v) is 6.81. The number of fused-ring (bicyclic) bond motifs is 2. The molecule has 0 amide bonds. The molecule has 0 aromatic heterocycles. The van der Waals surface area contributed by atoms with Crippen LogP contribution in [0, 0.1) is 28.6 Å². The van der Waals surface area contributed by atoms with Crippen LogP contribution in [0.3, 0.4) is 0 Å². The number of hydrogen-bond donors (Lipinski definition) is 1. The largest absolute Gasteiger partial charge is 0.461 e. The number of hydrogen-bond acceptors (Lipinski definition) is 6. The van der Waals surface area contributed by atoms with Crippen LogP contribution < -0.4 is 4.90 Å². The smallest absolute Gasteiger partial charge is 0.320 e. The van der Waals surface area contributed by atoms with Crippen LogP contribution in [0.5, 0.6) is 0 Å². The van der Waals surface area contributed by atoms with Crippen molar-refractivity contribution in [1.29, 1.82) is 0 Å². The van der Waals surface area contributed by atoms with Gasteiger partial charge in [-0.3, -0.25) is 14.5 Å². The molecular weight excluding hydrogens is 464 g/mol. The van der Waals surface area contributed by atoms with E-state index in [0.717, 1.165) is 24.1 Å². The summed E-state index contributed by atoms with van der Waals surface area (Å²) in [5.41, 5.74) is 1.19. The summed E-state index contributed by atoms with van der Waals surface area (Å²) in [7, 11) is 4.03. The van der Waals surface area contributed by atoms with Crippen molar-refractivity contribution >= 4 is 17.4 Å². The zero-order chi connectivity index (χ0) is 27.5. The molecule has 3 rings (SSSR count). The number of esters is 1. The van der Waals surface area contributed by atoms with Gasteiger partial charge in [0.15, 0.2) is 0 Å². The Kier molecular flexibility index (Phi) is 9.28. The first kappa shape index (κ1) is 29.4. The number of benzene rings is 1. The summed E-state index contributed by atoms with van der Waals surface area (Å²) in [5.74, 6) is -0.0958. The van der Waals surface area contributed by atoms with Gasteiger partial charge < -0.3 is 14.7 Å². The summed E-state index contributed by atoms with van der Waals surface area (Å²) < 4.78 is 6.33. The molecule has 3 unspecified atom stereocenters. The molecule has 2 aliphatic rings. The highest BCUT2D eigenvalue weighted by Gasteiger charge is 2.58. The molecule has 206 valence electrons. The topological polar surface area (TPSA) is 70.1 Å². The molecule has 37 heavy (non-hydrogen) atoms. The zero-order valence-electron chi connectivity index (χ0n) is 24.0. The Bertz CT molecular complexity index is 960. The van der Waals surface area contributed by atoms with E-state index in [1.54, 1.807) is 6.92 Å². The van der Waals surface area contributed by atoms with Crippen molar-refractivity contribution < 1.29 is 19.4 Å². The summed E-state index contributed by atoms with van der Waals surface area (Å²) in [6.45, 7) is 15.6. The lowest BCUT2D eigenvalue weighted by molar-refractivity contribution is -0.186. The molecule has 0 spiro atoms. The van der Waals surface area contributed by atoms with Gasteiger partial charge in [-0.15, -0.1) is 6.58 Å². The summed E-state index contributed by atoms with van der Waals surface area (Å²) >= 11 is 0. The second kappa shape index (κ2) is 11.7. The van der Waals surface area contributed by atoms with E-state index in [1.165, 1.54) is 0 Å². The highest BCUT2D eigenvalue weighted by atomic mass is 16.5. The molecule has 0 radical (unpaired) electrons. The number of rotatable bonds is 9. The van der Waals surface area contributed by atoms with Crippen LogP contribution in [0.2, 0.25) is 0 Å². The second-order valence-electron chi connectivity index (χ2n) is 12.2. The minimum Gasteiger partial charge on any atom is -0.461 e. The van der Waals surface area contributed by atoms with Crippen LogP contribution >= 0.6 is 0 Å². The molecule has 6 nitrogen and oxygen atoms in total. The Morgan fingerprint density at radius 1 is 1.19 bits per heavy atom. The number of carbonyl (C=O) groups excluding carboxylic acids is 2. The van der Waals surface area contributed by atoms with Gasteiger partial charge in [0.25, 0.3) is 0 Å². The van der Waals surface area contributed by atoms with E-state index in [2.05, 4.69) is 54.5 Å². The third-order valence-electron chi connectivity index (χ3n) is 9.62. The third kappa shape index (κ3) is 6.12. The van der Waals surface area contributed by atoms with Crippen molar-refractivity contribution in [2.45, 2.75) is 79.1 Å². The first-order valence-electron chi connectivity index (χ1n) is 13.9. The van der Waals surface area contributed by atoms with Crippen molar-refractivity contribution in [3.05, 3.63) is 42.5 Å². The zero-order valence-corrected chi connectivity index (χ0v) is 24.0. The standard InChI is InChI=1S/C31H48N2O4/c1-9-30(5)18-27(31(6)21(3)11-14-24(17-26(30)35)29(31)22(4)34)37-28(36)20-33(10-2)19-23-12-15-25(16-13-23)32(7)8/h9,12-13,15-16,21,24,26-27,29,35H,1,10-11,14,17-20H2,2-8H3/t21?,24?,26-,27+,29?,30+,31-/m0/s1. The van der Waals surface area contributed by atoms with Gasteiger partial charge in [-0.25, -0.2) is 0 Å². The predicted octanol–water partition coefficient (Wildman–Crippen LogP) is 5.09. The van der Waals surface area contributed by atoms with E-state index >= 15 is 0 Å². The molecule has 2 aliphatic carbocycles. The molecule has 1 aromatic rings. The van der Waals surface area contributed by atoms with Crippen molar-refractivity contribution in [1.82, 2.24) is 4.90 Å². The van der Waals surface area contributed by atoms with Crippen molar-refractivity contribution in [3.63, 3.8) is 0 Å². The van der Waals surface area contributed by atoms with E-state index in [1.807, 2.05) is 34.0 Å². The van der Waals surface area contributed by atoms with Gasteiger partial charge in [-0.05, 0) is 68.7 Å². The van der Waals surface area contributed by atoms with Gasteiger partial charge >= 0.3 is 5.97 Å². The maximum atomic E-state index is 13.4. The number of likely N-dealkylation sites (N-methyl/N-ethyl adjacent to an activating group) is 1. The van der Waals surface area contributed by atoms with Crippen molar-refractivity contribution in [2.24, 2.45) is 28.6 Å². The lowest BCUT2D eigenvalue weighted by Crippen LogP contribution is -2.58. The van der Waals surface area contributed by atoms with E-state index in [9.17, 15) is 14.7 Å². The number of aliphatic hydroxyl groups excluding tert-OH is 1. The highest BCUT2D eigenvalue weighted by molar-refractivity contribution is 5.80. The Morgan fingerprint density at radius 2 is 1.84 bits per heavy atom. The summed E-state index contributed by atoms with van der Waals surface area (Å²) in [6.07, 6.45) is 3.59. The quantitative estimate of drug-likeness (QED) is 0.367. The minimum atomic E-state index is -0.631. The normalized spacial score (nSPS) is 33.8. The van der Waals surface area contributed by atoms with E-state index in [0.29, 0.717) is 25.9 Å². The first-order chi connectivity index (χ1) is 17.3. The van der Waals surface area contributed by atoms with E-state index in [-0.39, 0.29) is 36.1 Å². The van der Waals surface area contributed by atoms with Gasteiger partial charge in [-0.1, -0.05) is 45.9 Å². The molecule has 0 aliphatic heterocycles. The summed E-state index contributed by atoms with van der Waals surface area (Å²) in [5, 5.41) is 11.2.